The second-order valence-corrected chi connectivity index (χ2v) is 4.39. The fourth-order valence-electron chi connectivity index (χ4n) is 1.08. The summed E-state index contributed by atoms with van der Waals surface area (Å²) in [6.45, 7) is 3.46. The lowest BCUT2D eigenvalue weighted by molar-refractivity contribution is -0.125. The Balaban J connectivity index is 2.69. The number of anilines is 1. The Kier molecular flexibility index (Phi) is 3.67. The van der Waals surface area contributed by atoms with Crippen LogP contribution in [0.2, 0.25) is 0 Å². The Hall–Kier alpha value is -2.11. The highest BCUT2D eigenvalue weighted by Crippen LogP contribution is 2.13. The number of pyridine rings is 1. The third-order valence-electron chi connectivity index (χ3n) is 2.46. The molecule has 0 aliphatic heterocycles. The highest BCUT2D eigenvalue weighted by Gasteiger charge is 2.25. The lowest BCUT2D eigenvalue weighted by Gasteiger charge is -2.20. The summed E-state index contributed by atoms with van der Waals surface area (Å²) in [6, 6.07) is 1.54. The Bertz CT molecular complexity index is 443. The van der Waals surface area contributed by atoms with E-state index in [1.807, 2.05) is 0 Å². The fraction of sp³-hybridized carbons (Fsp3) is 0.364. The van der Waals surface area contributed by atoms with E-state index in [2.05, 4.69) is 10.3 Å². The van der Waals surface area contributed by atoms with E-state index in [1.165, 1.54) is 18.5 Å². The van der Waals surface area contributed by atoms with Crippen molar-refractivity contribution in [3.8, 4) is 0 Å². The van der Waals surface area contributed by atoms with Crippen LogP contribution in [0.1, 0.15) is 24.2 Å². The zero-order valence-corrected chi connectivity index (χ0v) is 9.86. The number of aromatic nitrogens is 1. The molecule has 0 aromatic carbocycles. The van der Waals surface area contributed by atoms with E-state index in [0.29, 0.717) is 5.69 Å². The molecule has 2 amide bonds. The van der Waals surface area contributed by atoms with Crippen LogP contribution >= 0.6 is 0 Å². The minimum Gasteiger partial charge on any atom is -0.398 e. The van der Waals surface area contributed by atoms with Gasteiger partial charge in [0.05, 0.1) is 11.0 Å². The van der Waals surface area contributed by atoms with Crippen LogP contribution in [0.5, 0.6) is 0 Å². The van der Waals surface area contributed by atoms with E-state index in [9.17, 15) is 9.59 Å². The summed E-state index contributed by atoms with van der Waals surface area (Å²) < 4.78 is 0. The Morgan fingerprint density at radius 2 is 2.12 bits per heavy atom. The van der Waals surface area contributed by atoms with Gasteiger partial charge in [-0.25, -0.2) is 0 Å². The SMILES string of the molecule is CC(C)(CNC(=O)c1cnccc1N)C(N)=O. The molecular formula is C11H16N4O2. The molecule has 0 saturated heterocycles. The van der Waals surface area contributed by atoms with E-state index >= 15 is 0 Å². The topological polar surface area (TPSA) is 111 Å². The number of hydrogen-bond donors (Lipinski definition) is 3. The number of primary amides is 1. The Morgan fingerprint density at radius 1 is 1.47 bits per heavy atom. The third-order valence-corrected chi connectivity index (χ3v) is 2.46. The summed E-state index contributed by atoms with van der Waals surface area (Å²) in [6.07, 6.45) is 2.88. The average molecular weight is 236 g/mol. The predicted molar refractivity (Wildman–Crippen MR) is 64.0 cm³/mol. The minimum absolute atomic E-state index is 0.148. The van der Waals surface area contributed by atoms with E-state index in [-0.39, 0.29) is 18.0 Å². The molecule has 0 unspecified atom stereocenters. The van der Waals surface area contributed by atoms with Crippen molar-refractivity contribution in [1.82, 2.24) is 10.3 Å². The lowest BCUT2D eigenvalue weighted by atomic mass is 9.92. The number of carbonyl (C=O) groups excluding carboxylic acids is 2. The molecule has 1 aromatic heterocycles. The summed E-state index contributed by atoms with van der Waals surface area (Å²) in [5.41, 5.74) is 10.7. The molecule has 1 heterocycles. The maximum Gasteiger partial charge on any atom is 0.254 e. The highest BCUT2D eigenvalue weighted by molar-refractivity contribution is 5.99. The highest BCUT2D eigenvalue weighted by atomic mass is 16.2. The van der Waals surface area contributed by atoms with Gasteiger partial charge in [-0.3, -0.25) is 14.6 Å². The van der Waals surface area contributed by atoms with Gasteiger partial charge in [0.15, 0.2) is 0 Å². The molecule has 0 bridgehead atoms. The first kappa shape index (κ1) is 13.0. The number of nitrogens with zero attached hydrogens (tertiary/aromatic N) is 1. The number of rotatable bonds is 4. The number of hydrogen-bond acceptors (Lipinski definition) is 4. The monoisotopic (exact) mass is 236 g/mol. The van der Waals surface area contributed by atoms with E-state index in [1.54, 1.807) is 13.8 Å². The van der Waals surface area contributed by atoms with Gasteiger partial charge in [-0.2, -0.15) is 0 Å². The molecular weight excluding hydrogens is 220 g/mol. The molecule has 0 saturated carbocycles. The number of nitrogen functional groups attached to an aromatic ring is 1. The van der Waals surface area contributed by atoms with Gasteiger partial charge in [-0.05, 0) is 19.9 Å². The van der Waals surface area contributed by atoms with Crippen LogP contribution in [0.4, 0.5) is 5.69 Å². The minimum atomic E-state index is -0.799. The first-order valence-electron chi connectivity index (χ1n) is 5.12. The maximum atomic E-state index is 11.8. The number of carbonyl (C=O) groups is 2. The normalized spacial score (nSPS) is 10.9. The number of nitrogens with one attached hydrogen (secondary N) is 1. The van der Waals surface area contributed by atoms with Crippen LogP contribution in [-0.2, 0) is 4.79 Å². The molecule has 5 N–H and O–H groups in total. The van der Waals surface area contributed by atoms with Crippen molar-refractivity contribution in [2.45, 2.75) is 13.8 Å². The summed E-state index contributed by atoms with van der Waals surface area (Å²) >= 11 is 0. The van der Waals surface area contributed by atoms with Gasteiger partial charge in [-0.1, -0.05) is 0 Å². The lowest BCUT2D eigenvalue weighted by Crippen LogP contribution is -2.42. The van der Waals surface area contributed by atoms with E-state index in [4.69, 9.17) is 11.5 Å². The van der Waals surface area contributed by atoms with Gasteiger partial charge in [-0.15, -0.1) is 0 Å². The van der Waals surface area contributed by atoms with Crippen molar-refractivity contribution >= 4 is 17.5 Å². The van der Waals surface area contributed by atoms with Gasteiger partial charge in [0, 0.05) is 24.6 Å². The van der Waals surface area contributed by atoms with E-state index < -0.39 is 11.3 Å². The molecule has 6 nitrogen and oxygen atoms in total. The van der Waals surface area contributed by atoms with Crippen LogP contribution < -0.4 is 16.8 Å². The van der Waals surface area contributed by atoms with Gasteiger partial charge in [0.25, 0.3) is 5.91 Å². The first-order valence-corrected chi connectivity index (χ1v) is 5.12. The Morgan fingerprint density at radius 3 is 2.65 bits per heavy atom. The Labute approximate surface area is 99.4 Å². The second-order valence-electron chi connectivity index (χ2n) is 4.39. The van der Waals surface area contributed by atoms with Crippen molar-refractivity contribution < 1.29 is 9.59 Å². The largest absolute Gasteiger partial charge is 0.398 e. The van der Waals surface area contributed by atoms with Crippen molar-refractivity contribution in [2.24, 2.45) is 11.1 Å². The first-order chi connectivity index (χ1) is 7.84. The summed E-state index contributed by atoms with van der Waals surface area (Å²) in [5, 5.41) is 2.60. The van der Waals surface area contributed by atoms with Crippen LogP contribution in [0.15, 0.2) is 18.5 Å². The van der Waals surface area contributed by atoms with Crippen molar-refractivity contribution in [3.05, 3.63) is 24.0 Å². The van der Waals surface area contributed by atoms with Gasteiger partial charge in [0.1, 0.15) is 0 Å². The van der Waals surface area contributed by atoms with Crippen LogP contribution in [0, 0.1) is 5.41 Å². The predicted octanol–water partition coefficient (Wildman–Crippen LogP) is -0.0949. The molecule has 1 rings (SSSR count). The van der Waals surface area contributed by atoms with E-state index in [0.717, 1.165) is 0 Å². The summed E-state index contributed by atoms with van der Waals surface area (Å²) in [7, 11) is 0. The average Bonchev–Trinajstić information content (AvgIpc) is 2.26. The molecule has 0 aliphatic carbocycles. The number of nitrogens with two attached hydrogens (primary N) is 2. The zero-order chi connectivity index (χ0) is 13.1. The van der Waals surface area contributed by atoms with Crippen molar-refractivity contribution in [1.29, 1.82) is 0 Å². The molecule has 0 aliphatic rings. The molecule has 0 atom stereocenters. The second kappa shape index (κ2) is 4.82. The number of amides is 2. The molecule has 0 radical (unpaired) electrons. The standard InChI is InChI=1S/C11H16N4O2/c1-11(2,10(13)17)6-15-9(16)7-5-14-4-3-8(7)12/h3-5H,6H2,1-2H3,(H2,12,14)(H2,13,17)(H,15,16). The van der Waals surface area contributed by atoms with Crippen LogP contribution in [0.3, 0.4) is 0 Å². The maximum absolute atomic E-state index is 11.8. The zero-order valence-electron chi connectivity index (χ0n) is 9.86. The summed E-state index contributed by atoms with van der Waals surface area (Å²) in [5.74, 6) is -0.845. The molecule has 92 valence electrons. The smallest absolute Gasteiger partial charge is 0.254 e. The van der Waals surface area contributed by atoms with Gasteiger partial charge >= 0.3 is 0 Å². The van der Waals surface area contributed by atoms with Crippen LogP contribution in [0.25, 0.3) is 0 Å². The quantitative estimate of drug-likeness (QED) is 0.678. The molecule has 0 spiro atoms. The molecule has 17 heavy (non-hydrogen) atoms. The third kappa shape index (κ3) is 3.17. The molecule has 1 aromatic rings. The molecule has 0 fully saturated rings. The van der Waals surface area contributed by atoms with Crippen molar-refractivity contribution in [3.63, 3.8) is 0 Å². The van der Waals surface area contributed by atoms with Crippen molar-refractivity contribution in [2.75, 3.05) is 12.3 Å². The van der Waals surface area contributed by atoms with Crippen LogP contribution in [-0.4, -0.2) is 23.3 Å². The molecule has 6 heteroatoms. The summed E-state index contributed by atoms with van der Waals surface area (Å²) in [4.78, 5) is 26.6. The van der Waals surface area contributed by atoms with Gasteiger partial charge in [0.2, 0.25) is 5.91 Å². The van der Waals surface area contributed by atoms with Gasteiger partial charge < -0.3 is 16.8 Å². The fourth-order valence-corrected chi connectivity index (χ4v) is 1.08.